The summed E-state index contributed by atoms with van der Waals surface area (Å²) in [6, 6.07) is -0.262. The molecule has 23 heavy (non-hydrogen) atoms. The van der Waals surface area contributed by atoms with Crippen LogP contribution in [0.5, 0.6) is 0 Å². The van der Waals surface area contributed by atoms with Crippen LogP contribution in [0.2, 0.25) is 0 Å². The molecule has 3 rings (SSSR count). The number of nitrogens with zero attached hydrogens (tertiary/aromatic N) is 3. The molecule has 0 bridgehead atoms. The van der Waals surface area contributed by atoms with Gasteiger partial charge in [-0.25, -0.2) is 4.79 Å². The number of urea groups is 1. The zero-order valence-corrected chi connectivity index (χ0v) is 13.7. The number of aliphatic hydroxyl groups excluding tert-OH is 1. The topological polar surface area (TPSA) is 97.6 Å². The molecule has 130 valence electrons. The van der Waals surface area contributed by atoms with E-state index in [0.717, 1.165) is 17.9 Å². The molecule has 0 radical (unpaired) electrons. The third-order valence-electron chi connectivity index (χ3n) is 5.28. The van der Waals surface area contributed by atoms with Gasteiger partial charge in [-0.2, -0.15) is 0 Å². The summed E-state index contributed by atoms with van der Waals surface area (Å²) in [6.45, 7) is 5.00. The van der Waals surface area contributed by atoms with Crippen molar-refractivity contribution >= 4 is 12.2 Å². The summed E-state index contributed by atoms with van der Waals surface area (Å²) in [4.78, 5) is 18.5. The zero-order valence-electron chi connectivity index (χ0n) is 13.7. The van der Waals surface area contributed by atoms with Gasteiger partial charge in [-0.05, 0) is 25.7 Å². The maximum absolute atomic E-state index is 12.6. The number of ether oxygens (including phenoxy) is 1. The first-order chi connectivity index (χ1) is 11.0. The Kier molecular flexibility index (Phi) is 4.35. The normalized spacial score (nSPS) is 38.7. The lowest BCUT2D eigenvalue weighted by Gasteiger charge is -2.53. The summed E-state index contributed by atoms with van der Waals surface area (Å²) in [5.74, 6) is 0. The highest BCUT2D eigenvalue weighted by Gasteiger charge is 2.70. The number of hydroxylamine groups is 2. The predicted molar refractivity (Wildman–Crippen MR) is 83.2 cm³/mol. The lowest BCUT2D eigenvalue weighted by Crippen LogP contribution is -2.76. The van der Waals surface area contributed by atoms with Gasteiger partial charge in [0.15, 0.2) is 0 Å². The van der Waals surface area contributed by atoms with Gasteiger partial charge in [-0.3, -0.25) is 4.99 Å². The van der Waals surface area contributed by atoms with Crippen molar-refractivity contribution < 1.29 is 19.8 Å². The SMILES string of the molecule is CCCN1C(=O)NC2N(O)CN=CC21C1([C@@H](O)CC)CCCO1. The number of amides is 2. The van der Waals surface area contributed by atoms with E-state index in [-0.39, 0.29) is 12.7 Å². The third kappa shape index (κ3) is 2.12. The molecule has 0 aromatic heterocycles. The fraction of sp³-hybridized carbons (Fsp3) is 0.867. The fourth-order valence-electron chi connectivity index (χ4n) is 4.32. The number of aliphatic imine (C=N–C) groups is 1. The van der Waals surface area contributed by atoms with Crippen molar-refractivity contribution in [1.82, 2.24) is 15.3 Å². The molecule has 8 nitrogen and oxygen atoms in total. The first-order valence-electron chi connectivity index (χ1n) is 8.40. The van der Waals surface area contributed by atoms with E-state index in [9.17, 15) is 15.1 Å². The van der Waals surface area contributed by atoms with Gasteiger partial charge >= 0.3 is 6.03 Å². The van der Waals surface area contributed by atoms with Crippen LogP contribution in [0.25, 0.3) is 0 Å². The summed E-state index contributed by atoms with van der Waals surface area (Å²) in [5, 5.41) is 25.0. The van der Waals surface area contributed by atoms with Gasteiger partial charge in [0.05, 0.1) is 6.10 Å². The number of hydrogen-bond donors (Lipinski definition) is 3. The number of aliphatic hydroxyl groups is 1. The lowest BCUT2D eigenvalue weighted by molar-refractivity contribution is -0.208. The Morgan fingerprint density at radius 1 is 1.57 bits per heavy atom. The second kappa shape index (κ2) is 6.01. The molecule has 2 fully saturated rings. The minimum absolute atomic E-state index is 0.0883. The van der Waals surface area contributed by atoms with Gasteiger partial charge in [0.2, 0.25) is 0 Å². The fourth-order valence-corrected chi connectivity index (χ4v) is 4.32. The summed E-state index contributed by atoms with van der Waals surface area (Å²) < 4.78 is 6.10. The number of nitrogens with one attached hydrogen (secondary N) is 1. The Labute approximate surface area is 136 Å². The van der Waals surface area contributed by atoms with E-state index in [1.807, 2.05) is 13.8 Å². The van der Waals surface area contributed by atoms with E-state index in [2.05, 4.69) is 10.3 Å². The minimum Gasteiger partial charge on any atom is -0.390 e. The van der Waals surface area contributed by atoms with Gasteiger partial charge in [0, 0.05) is 19.4 Å². The second-order valence-corrected chi connectivity index (χ2v) is 6.49. The molecular formula is C15H26N4O4. The van der Waals surface area contributed by atoms with Gasteiger partial charge in [-0.1, -0.05) is 13.8 Å². The van der Waals surface area contributed by atoms with Crippen LogP contribution in [-0.4, -0.2) is 75.8 Å². The van der Waals surface area contributed by atoms with E-state index in [1.165, 1.54) is 0 Å². The van der Waals surface area contributed by atoms with Crippen molar-refractivity contribution in [3.63, 3.8) is 0 Å². The second-order valence-electron chi connectivity index (χ2n) is 6.49. The van der Waals surface area contributed by atoms with E-state index in [1.54, 1.807) is 11.1 Å². The maximum Gasteiger partial charge on any atom is 0.319 e. The Balaban J connectivity index is 2.16. The quantitative estimate of drug-likeness (QED) is 0.685. The highest BCUT2D eigenvalue weighted by atomic mass is 16.5. The molecule has 3 heterocycles. The number of rotatable bonds is 5. The average molecular weight is 326 g/mol. The Hall–Kier alpha value is -1.22. The number of fused-ring (bicyclic) bond motifs is 1. The molecule has 0 aliphatic carbocycles. The molecular weight excluding hydrogens is 300 g/mol. The van der Waals surface area contributed by atoms with Crippen molar-refractivity contribution in [2.75, 3.05) is 19.8 Å². The van der Waals surface area contributed by atoms with Gasteiger partial charge in [0.25, 0.3) is 0 Å². The lowest BCUT2D eigenvalue weighted by atomic mass is 9.70. The third-order valence-corrected chi connectivity index (χ3v) is 5.28. The molecule has 2 saturated heterocycles. The monoisotopic (exact) mass is 326 g/mol. The van der Waals surface area contributed by atoms with Crippen molar-refractivity contribution in [1.29, 1.82) is 0 Å². The molecule has 0 spiro atoms. The number of carbonyl (C=O) groups excluding carboxylic acids is 1. The summed E-state index contributed by atoms with van der Waals surface area (Å²) in [7, 11) is 0. The molecule has 0 saturated carbocycles. The summed E-state index contributed by atoms with van der Waals surface area (Å²) >= 11 is 0. The Bertz CT molecular complexity index is 494. The highest BCUT2D eigenvalue weighted by Crippen LogP contribution is 2.48. The van der Waals surface area contributed by atoms with Crippen LogP contribution < -0.4 is 5.32 Å². The van der Waals surface area contributed by atoms with Crippen molar-refractivity contribution in [2.45, 2.75) is 62.9 Å². The molecule has 4 atom stereocenters. The molecule has 3 aliphatic rings. The van der Waals surface area contributed by atoms with Crippen LogP contribution in [0, 0.1) is 0 Å². The maximum atomic E-state index is 12.6. The predicted octanol–water partition coefficient (Wildman–Crippen LogP) is 0.540. The van der Waals surface area contributed by atoms with Crippen molar-refractivity contribution in [3.8, 4) is 0 Å². The average Bonchev–Trinajstić information content (AvgIpc) is 3.14. The minimum atomic E-state index is -1.01. The molecule has 0 aromatic carbocycles. The van der Waals surface area contributed by atoms with E-state index in [0.29, 0.717) is 26.0 Å². The van der Waals surface area contributed by atoms with Crippen LogP contribution in [0.1, 0.15) is 39.5 Å². The van der Waals surface area contributed by atoms with Crippen LogP contribution in [0.4, 0.5) is 4.79 Å². The largest absolute Gasteiger partial charge is 0.390 e. The van der Waals surface area contributed by atoms with Crippen molar-refractivity contribution in [3.05, 3.63) is 0 Å². The van der Waals surface area contributed by atoms with Crippen LogP contribution >= 0.6 is 0 Å². The van der Waals surface area contributed by atoms with Crippen molar-refractivity contribution in [2.24, 2.45) is 4.99 Å². The zero-order chi connectivity index (χ0) is 16.7. The van der Waals surface area contributed by atoms with Crippen LogP contribution in [0.3, 0.4) is 0 Å². The molecule has 3 unspecified atom stereocenters. The standard InChI is InChI=1S/C15H26N4O4/c1-3-7-18-13(21)17-12-14(18,9-16-10-19(12)22)15(11(20)4-2)6-5-8-23-15/h9,11-12,20,22H,3-8,10H2,1-2H3,(H,17,21)/t11-,12?,14?,15?/m0/s1. The summed E-state index contributed by atoms with van der Waals surface area (Å²) in [6.07, 6.45) is 2.96. The van der Waals surface area contributed by atoms with Crippen LogP contribution in [0.15, 0.2) is 4.99 Å². The molecule has 2 amide bonds. The number of hydrogen-bond acceptors (Lipinski definition) is 6. The van der Waals surface area contributed by atoms with E-state index in [4.69, 9.17) is 4.74 Å². The van der Waals surface area contributed by atoms with Gasteiger partial charge in [0.1, 0.15) is 24.0 Å². The Morgan fingerprint density at radius 3 is 2.96 bits per heavy atom. The first-order valence-corrected chi connectivity index (χ1v) is 8.40. The first kappa shape index (κ1) is 16.6. The number of carbonyl (C=O) groups is 1. The van der Waals surface area contributed by atoms with E-state index >= 15 is 0 Å². The van der Waals surface area contributed by atoms with Gasteiger partial charge < -0.3 is 25.3 Å². The highest BCUT2D eigenvalue weighted by molar-refractivity contribution is 5.89. The smallest absolute Gasteiger partial charge is 0.319 e. The molecule has 3 N–H and O–H groups in total. The summed E-state index contributed by atoms with van der Waals surface area (Å²) in [5.41, 5.74) is -1.98. The van der Waals surface area contributed by atoms with E-state index < -0.39 is 23.4 Å². The Morgan fingerprint density at radius 2 is 2.35 bits per heavy atom. The molecule has 0 aromatic rings. The molecule has 8 heteroatoms. The van der Waals surface area contributed by atoms with Gasteiger partial charge in [-0.15, -0.1) is 5.06 Å². The van der Waals surface area contributed by atoms with Crippen LogP contribution in [-0.2, 0) is 4.74 Å². The molecule has 3 aliphatic heterocycles.